The number of unbranched alkanes of at least 4 members (excludes halogenated alkanes) is 8. The van der Waals surface area contributed by atoms with E-state index in [9.17, 15) is 9.59 Å². The van der Waals surface area contributed by atoms with Gasteiger partial charge in [0.05, 0.1) is 25.0 Å². The van der Waals surface area contributed by atoms with Crippen molar-refractivity contribution in [2.45, 2.75) is 157 Å². The largest absolute Gasteiger partial charge is 0.465 e. The van der Waals surface area contributed by atoms with Gasteiger partial charge in [-0.15, -0.1) is 0 Å². The Hall–Kier alpha value is -1.06. The molecule has 4 heteroatoms. The van der Waals surface area contributed by atoms with E-state index in [-0.39, 0.29) is 23.8 Å². The third kappa shape index (κ3) is 15.5. The highest BCUT2D eigenvalue weighted by Gasteiger charge is 2.31. The first-order valence-electron chi connectivity index (χ1n) is 16.6. The molecule has 4 unspecified atom stereocenters. The number of hydrogen-bond donors (Lipinski definition) is 0. The molecule has 0 aromatic carbocycles. The first-order chi connectivity index (χ1) is 18.3. The molecule has 1 aliphatic rings. The maximum atomic E-state index is 12.6. The lowest BCUT2D eigenvalue weighted by molar-refractivity contribution is -0.155. The van der Waals surface area contributed by atoms with Crippen molar-refractivity contribution in [2.24, 2.45) is 35.5 Å². The maximum absolute atomic E-state index is 12.6. The summed E-state index contributed by atoms with van der Waals surface area (Å²) in [5.41, 5.74) is 0. The second kappa shape index (κ2) is 21.7. The fourth-order valence-corrected chi connectivity index (χ4v) is 5.77. The van der Waals surface area contributed by atoms with Gasteiger partial charge in [0.15, 0.2) is 0 Å². The van der Waals surface area contributed by atoms with Gasteiger partial charge in [0, 0.05) is 0 Å². The average Bonchev–Trinajstić information content (AvgIpc) is 2.92. The number of carbonyl (C=O) groups excluding carboxylic acids is 2. The zero-order valence-electron chi connectivity index (χ0n) is 26.2. The normalized spacial score (nSPS) is 20.9. The highest BCUT2D eigenvalue weighted by molar-refractivity contribution is 5.75. The molecule has 38 heavy (non-hydrogen) atoms. The summed E-state index contributed by atoms with van der Waals surface area (Å²) in [7, 11) is 0. The Morgan fingerprint density at radius 2 is 0.842 bits per heavy atom. The molecule has 4 nitrogen and oxygen atoms in total. The SMILES string of the molecule is CCCCCCCC(C)C(C)CCOC(=O)C1CCC(C(=O)OCCC(C)C(C)CCCCCCC)CC1. The maximum Gasteiger partial charge on any atom is 0.308 e. The number of ether oxygens (including phenoxy) is 2. The van der Waals surface area contributed by atoms with Gasteiger partial charge in [-0.25, -0.2) is 0 Å². The summed E-state index contributed by atoms with van der Waals surface area (Å²) in [6.45, 7) is 14.8. The Balaban J connectivity index is 2.15. The van der Waals surface area contributed by atoms with Crippen LogP contribution in [0.3, 0.4) is 0 Å². The Morgan fingerprint density at radius 1 is 0.526 bits per heavy atom. The lowest BCUT2D eigenvalue weighted by Crippen LogP contribution is -2.29. The van der Waals surface area contributed by atoms with E-state index in [1.165, 1.54) is 77.0 Å². The molecule has 0 aromatic rings. The molecule has 0 aromatic heterocycles. The van der Waals surface area contributed by atoms with Crippen LogP contribution in [0.25, 0.3) is 0 Å². The summed E-state index contributed by atoms with van der Waals surface area (Å²) < 4.78 is 11.3. The van der Waals surface area contributed by atoms with Crippen molar-refractivity contribution in [3.05, 3.63) is 0 Å². The molecule has 1 saturated carbocycles. The third-order valence-corrected chi connectivity index (χ3v) is 9.50. The van der Waals surface area contributed by atoms with E-state index in [0.29, 0.717) is 36.9 Å². The van der Waals surface area contributed by atoms with Crippen LogP contribution in [0.4, 0.5) is 0 Å². The van der Waals surface area contributed by atoms with Crippen molar-refractivity contribution < 1.29 is 19.1 Å². The quantitative estimate of drug-likeness (QED) is 0.102. The lowest BCUT2D eigenvalue weighted by atomic mass is 9.82. The van der Waals surface area contributed by atoms with E-state index in [1.54, 1.807) is 0 Å². The van der Waals surface area contributed by atoms with Crippen LogP contribution in [0.5, 0.6) is 0 Å². The van der Waals surface area contributed by atoms with Crippen LogP contribution >= 0.6 is 0 Å². The second-order valence-electron chi connectivity index (χ2n) is 12.8. The Bertz CT molecular complexity index is 543. The molecule has 0 radical (unpaired) electrons. The molecular formula is C34H64O4. The Kier molecular flexibility index (Phi) is 20.0. The summed E-state index contributed by atoms with van der Waals surface area (Å²) in [6.07, 6.45) is 20.7. The molecule has 0 amide bonds. The van der Waals surface area contributed by atoms with E-state index >= 15 is 0 Å². The first kappa shape index (κ1) is 35.0. The van der Waals surface area contributed by atoms with Crippen molar-refractivity contribution >= 4 is 11.9 Å². The van der Waals surface area contributed by atoms with Crippen LogP contribution in [0.2, 0.25) is 0 Å². The second-order valence-corrected chi connectivity index (χ2v) is 12.8. The van der Waals surface area contributed by atoms with Crippen molar-refractivity contribution in [1.29, 1.82) is 0 Å². The first-order valence-corrected chi connectivity index (χ1v) is 16.6. The molecule has 1 aliphatic carbocycles. The van der Waals surface area contributed by atoms with Gasteiger partial charge in [-0.3, -0.25) is 9.59 Å². The van der Waals surface area contributed by atoms with Crippen molar-refractivity contribution in [2.75, 3.05) is 13.2 Å². The van der Waals surface area contributed by atoms with Crippen LogP contribution in [-0.4, -0.2) is 25.2 Å². The number of rotatable bonds is 22. The van der Waals surface area contributed by atoms with Gasteiger partial charge in [-0.2, -0.15) is 0 Å². The molecule has 0 bridgehead atoms. The van der Waals surface area contributed by atoms with Gasteiger partial charge >= 0.3 is 11.9 Å². The highest BCUT2D eigenvalue weighted by atomic mass is 16.5. The fourth-order valence-electron chi connectivity index (χ4n) is 5.77. The molecule has 0 aliphatic heterocycles. The Morgan fingerprint density at radius 3 is 1.18 bits per heavy atom. The molecule has 0 N–H and O–H groups in total. The monoisotopic (exact) mass is 536 g/mol. The lowest BCUT2D eigenvalue weighted by Gasteiger charge is -2.27. The zero-order chi connectivity index (χ0) is 28.2. The molecule has 0 saturated heterocycles. The molecule has 1 rings (SSSR count). The molecular weight excluding hydrogens is 472 g/mol. The van der Waals surface area contributed by atoms with Gasteiger partial charge in [0.25, 0.3) is 0 Å². The predicted molar refractivity (Wildman–Crippen MR) is 160 cm³/mol. The average molecular weight is 537 g/mol. The van der Waals surface area contributed by atoms with E-state index in [2.05, 4.69) is 41.5 Å². The van der Waals surface area contributed by atoms with E-state index in [0.717, 1.165) is 38.5 Å². The predicted octanol–water partition coefficient (Wildman–Crippen LogP) is 9.92. The van der Waals surface area contributed by atoms with Crippen LogP contribution in [0.15, 0.2) is 0 Å². The summed E-state index contributed by atoms with van der Waals surface area (Å²) >= 11 is 0. The Labute approximate surface area is 236 Å². The standard InChI is InChI=1S/C34H64O4/c1-7-9-11-13-15-17-27(3)29(5)23-25-37-33(35)31-19-21-32(22-20-31)34(36)38-26-24-30(6)28(4)18-16-14-12-10-8-2/h27-32H,7-26H2,1-6H3. The number of hydrogen-bond acceptors (Lipinski definition) is 4. The van der Waals surface area contributed by atoms with Gasteiger partial charge in [0.1, 0.15) is 0 Å². The van der Waals surface area contributed by atoms with E-state index in [1.807, 2.05) is 0 Å². The van der Waals surface area contributed by atoms with Crippen LogP contribution in [0.1, 0.15) is 157 Å². The van der Waals surface area contributed by atoms with Crippen LogP contribution in [0, 0.1) is 35.5 Å². The zero-order valence-corrected chi connectivity index (χ0v) is 26.2. The van der Waals surface area contributed by atoms with Gasteiger partial charge in [0.2, 0.25) is 0 Å². The minimum absolute atomic E-state index is 0.0523. The molecule has 4 atom stereocenters. The van der Waals surface area contributed by atoms with Crippen molar-refractivity contribution in [3.63, 3.8) is 0 Å². The summed E-state index contributed by atoms with van der Waals surface area (Å²) in [5, 5.41) is 0. The molecule has 224 valence electrons. The van der Waals surface area contributed by atoms with Gasteiger partial charge in [-0.05, 0) is 62.2 Å². The molecule has 0 spiro atoms. The van der Waals surface area contributed by atoms with Gasteiger partial charge in [-0.1, -0.05) is 119 Å². The summed E-state index contributed by atoms with van der Waals surface area (Å²) in [5.74, 6) is 2.29. The number of esters is 2. The molecule has 0 heterocycles. The van der Waals surface area contributed by atoms with Crippen LogP contribution in [-0.2, 0) is 19.1 Å². The summed E-state index contributed by atoms with van der Waals surface area (Å²) in [4.78, 5) is 25.2. The fraction of sp³-hybridized carbons (Fsp3) is 0.941. The van der Waals surface area contributed by atoms with E-state index in [4.69, 9.17) is 9.47 Å². The topological polar surface area (TPSA) is 52.6 Å². The minimum atomic E-state index is -0.0613. The van der Waals surface area contributed by atoms with Gasteiger partial charge < -0.3 is 9.47 Å². The molecule has 1 fully saturated rings. The minimum Gasteiger partial charge on any atom is -0.465 e. The number of carbonyl (C=O) groups is 2. The van der Waals surface area contributed by atoms with E-state index < -0.39 is 0 Å². The third-order valence-electron chi connectivity index (χ3n) is 9.50. The highest BCUT2D eigenvalue weighted by Crippen LogP contribution is 2.31. The summed E-state index contributed by atoms with van der Waals surface area (Å²) in [6, 6.07) is 0. The van der Waals surface area contributed by atoms with Crippen molar-refractivity contribution in [1.82, 2.24) is 0 Å². The van der Waals surface area contributed by atoms with Crippen molar-refractivity contribution in [3.8, 4) is 0 Å². The smallest absolute Gasteiger partial charge is 0.308 e. The van der Waals surface area contributed by atoms with Crippen LogP contribution < -0.4 is 0 Å².